The molecule has 9 heteroatoms. The highest BCUT2D eigenvalue weighted by Crippen LogP contribution is 2.44. The van der Waals surface area contributed by atoms with Gasteiger partial charge in [0, 0.05) is 18.7 Å². The average Bonchev–Trinajstić information content (AvgIpc) is 2.92. The number of hydroxylamine groups is 2. The molecule has 1 aromatic carbocycles. The number of hydrogen-bond donors (Lipinski definition) is 1. The molecule has 28 heavy (non-hydrogen) atoms. The fourth-order valence-corrected chi connectivity index (χ4v) is 4.02. The van der Waals surface area contributed by atoms with Gasteiger partial charge in [-0.3, -0.25) is 4.79 Å². The zero-order valence-corrected chi connectivity index (χ0v) is 16.8. The van der Waals surface area contributed by atoms with Crippen molar-refractivity contribution in [1.82, 2.24) is 10.4 Å². The van der Waals surface area contributed by atoms with Crippen LogP contribution in [0.25, 0.3) is 5.57 Å². The van der Waals surface area contributed by atoms with Crippen LogP contribution in [0.4, 0.5) is 4.79 Å². The molecule has 1 N–H and O–H groups in total. The lowest BCUT2D eigenvalue weighted by molar-refractivity contribution is -0.152. The molecule has 150 valence electrons. The zero-order valence-electron chi connectivity index (χ0n) is 15.3. The minimum absolute atomic E-state index is 0.0138. The minimum atomic E-state index is -0.930. The standard InChI is InChI=1S/C19H20Cl2N2O5/c1-3-11-27-18(25)28-16-15(14-12(20)5-4-6-13(14)21)17(24)22-19(16)7-9-23(26-2)10-8-19/h3-6H,1,7-11H2,2H3,(H,22,24). The van der Waals surface area contributed by atoms with Crippen LogP contribution < -0.4 is 5.32 Å². The monoisotopic (exact) mass is 426 g/mol. The molecule has 7 nitrogen and oxygen atoms in total. The molecule has 0 bridgehead atoms. The van der Waals surface area contributed by atoms with Crippen molar-refractivity contribution in [1.29, 1.82) is 0 Å². The van der Waals surface area contributed by atoms with Crippen LogP contribution in [-0.4, -0.2) is 49.5 Å². The van der Waals surface area contributed by atoms with Crippen LogP contribution in [0.3, 0.4) is 0 Å². The highest BCUT2D eigenvalue weighted by molar-refractivity contribution is 6.41. The molecule has 0 aromatic heterocycles. The van der Waals surface area contributed by atoms with Gasteiger partial charge in [-0.05, 0) is 25.0 Å². The molecule has 1 saturated heterocycles. The van der Waals surface area contributed by atoms with E-state index >= 15 is 0 Å². The van der Waals surface area contributed by atoms with Gasteiger partial charge in [0.2, 0.25) is 0 Å². The Kier molecular flexibility index (Phi) is 6.30. The Balaban J connectivity index is 2.07. The van der Waals surface area contributed by atoms with Crippen LogP contribution in [-0.2, 0) is 19.1 Å². The maximum Gasteiger partial charge on any atom is 0.513 e. The molecule has 2 heterocycles. The topological polar surface area (TPSA) is 77.1 Å². The number of nitrogens with one attached hydrogen (secondary N) is 1. The van der Waals surface area contributed by atoms with Gasteiger partial charge < -0.3 is 19.6 Å². The van der Waals surface area contributed by atoms with Gasteiger partial charge in [-0.15, -0.1) is 0 Å². The van der Waals surface area contributed by atoms with E-state index in [2.05, 4.69) is 11.9 Å². The Labute approximate surface area is 172 Å². The van der Waals surface area contributed by atoms with Gasteiger partial charge in [0.1, 0.15) is 12.1 Å². The third-order valence-corrected chi connectivity index (χ3v) is 5.42. The second-order valence-electron chi connectivity index (χ2n) is 6.40. The summed E-state index contributed by atoms with van der Waals surface area (Å²) in [5.74, 6) is -0.246. The highest BCUT2D eigenvalue weighted by atomic mass is 35.5. The summed E-state index contributed by atoms with van der Waals surface area (Å²) in [4.78, 5) is 30.4. The summed E-state index contributed by atoms with van der Waals surface area (Å²) < 4.78 is 10.5. The number of nitrogens with zero attached hydrogens (tertiary/aromatic N) is 1. The Morgan fingerprint density at radius 3 is 2.54 bits per heavy atom. The molecule has 0 unspecified atom stereocenters. The van der Waals surface area contributed by atoms with Crippen molar-refractivity contribution in [3.63, 3.8) is 0 Å². The van der Waals surface area contributed by atoms with E-state index in [1.54, 1.807) is 30.4 Å². The van der Waals surface area contributed by atoms with E-state index in [-0.39, 0.29) is 28.0 Å². The summed E-state index contributed by atoms with van der Waals surface area (Å²) in [7, 11) is 1.58. The number of hydrogen-bond acceptors (Lipinski definition) is 6. The second-order valence-corrected chi connectivity index (χ2v) is 7.21. The fraction of sp³-hybridized carbons (Fsp3) is 0.368. The number of rotatable bonds is 5. The molecule has 0 radical (unpaired) electrons. The van der Waals surface area contributed by atoms with Crippen molar-refractivity contribution in [2.24, 2.45) is 0 Å². The molecule has 1 spiro atoms. The first-order chi connectivity index (χ1) is 13.4. The van der Waals surface area contributed by atoms with Crippen molar-refractivity contribution in [3.8, 4) is 0 Å². The van der Waals surface area contributed by atoms with E-state index in [1.807, 2.05) is 0 Å². The summed E-state index contributed by atoms with van der Waals surface area (Å²) in [6, 6.07) is 4.91. The van der Waals surface area contributed by atoms with Crippen LogP contribution in [0.15, 0.2) is 36.6 Å². The Morgan fingerprint density at radius 2 is 1.96 bits per heavy atom. The van der Waals surface area contributed by atoms with Crippen LogP contribution in [0, 0.1) is 0 Å². The van der Waals surface area contributed by atoms with Gasteiger partial charge in [0.15, 0.2) is 5.76 Å². The van der Waals surface area contributed by atoms with Crippen LogP contribution in [0.5, 0.6) is 0 Å². The normalized spacial score (nSPS) is 18.9. The van der Waals surface area contributed by atoms with Gasteiger partial charge >= 0.3 is 6.16 Å². The molecular weight excluding hydrogens is 407 g/mol. The number of carbonyl (C=O) groups excluding carboxylic acids is 2. The van der Waals surface area contributed by atoms with Gasteiger partial charge in [-0.2, -0.15) is 5.06 Å². The molecule has 3 rings (SSSR count). The maximum atomic E-state index is 12.9. The lowest BCUT2D eigenvalue weighted by atomic mass is 9.86. The van der Waals surface area contributed by atoms with E-state index in [0.717, 1.165) is 0 Å². The van der Waals surface area contributed by atoms with Crippen molar-refractivity contribution < 1.29 is 23.9 Å². The molecule has 0 atom stereocenters. The van der Waals surface area contributed by atoms with Gasteiger partial charge in [-0.1, -0.05) is 41.9 Å². The molecule has 1 aromatic rings. The third kappa shape index (κ3) is 3.89. The van der Waals surface area contributed by atoms with Crippen molar-refractivity contribution in [3.05, 3.63) is 52.2 Å². The Morgan fingerprint density at radius 1 is 1.32 bits per heavy atom. The van der Waals surface area contributed by atoms with E-state index in [9.17, 15) is 9.59 Å². The zero-order chi connectivity index (χ0) is 20.3. The molecule has 1 fully saturated rings. The SMILES string of the molecule is C=CCOC(=O)OC1=C(c2c(Cl)cccc2Cl)C(=O)NC12CCN(OC)CC2. The molecule has 2 aliphatic rings. The lowest BCUT2D eigenvalue weighted by Crippen LogP contribution is -2.53. The van der Waals surface area contributed by atoms with Crippen LogP contribution >= 0.6 is 23.2 Å². The smallest absolute Gasteiger partial charge is 0.430 e. The first-order valence-corrected chi connectivity index (χ1v) is 9.43. The summed E-state index contributed by atoms with van der Waals surface area (Å²) >= 11 is 12.6. The van der Waals surface area contributed by atoms with E-state index in [1.165, 1.54) is 6.08 Å². The molecule has 2 aliphatic heterocycles. The number of halogens is 2. The third-order valence-electron chi connectivity index (χ3n) is 4.79. The molecule has 0 aliphatic carbocycles. The quantitative estimate of drug-likeness (QED) is 0.572. The van der Waals surface area contributed by atoms with Crippen molar-refractivity contribution in [2.75, 3.05) is 26.8 Å². The number of piperidine rings is 1. The van der Waals surface area contributed by atoms with Crippen LogP contribution in [0.1, 0.15) is 18.4 Å². The van der Waals surface area contributed by atoms with Gasteiger partial charge in [-0.25, -0.2) is 4.79 Å². The maximum absolute atomic E-state index is 12.9. The van der Waals surface area contributed by atoms with Gasteiger partial charge in [0.25, 0.3) is 5.91 Å². The highest BCUT2D eigenvalue weighted by Gasteiger charge is 2.50. The van der Waals surface area contributed by atoms with Crippen molar-refractivity contribution in [2.45, 2.75) is 18.4 Å². The first-order valence-electron chi connectivity index (χ1n) is 8.68. The van der Waals surface area contributed by atoms with E-state index in [4.69, 9.17) is 37.5 Å². The lowest BCUT2D eigenvalue weighted by Gasteiger charge is -2.38. The fourth-order valence-electron chi connectivity index (χ4n) is 3.43. The average molecular weight is 427 g/mol. The Hall–Kier alpha value is -2.06. The predicted octanol–water partition coefficient (Wildman–Crippen LogP) is 3.57. The molecule has 1 amide bonds. The number of amides is 1. The largest absolute Gasteiger partial charge is 0.513 e. The summed E-state index contributed by atoms with van der Waals surface area (Å²) in [5.41, 5.74) is -0.421. The van der Waals surface area contributed by atoms with Crippen LogP contribution in [0.2, 0.25) is 10.0 Å². The number of carbonyl (C=O) groups is 2. The number of benzene rings is 1. The summed E-state index contributed by atoms with van der Waals surface area (Å²) in [5, 5.41) is 5.30. The molecular formula is C19H20Cl2N2O5. The van der Waals surface area contributed by atoms with E-state index in [0.29, 0.717) is 31.5 Å². The van der Waals surface area contributed by atoms with Gasteiger partial charge in [0.05, 0.1) is 22.7 Å². The predicted molar refractivity (Wildman–Crippen MR) is 105 cm³/mol. The molecule has 0 saturated carbocycles. The van der Waals surface area contributed by atoms with Crippen molar-refractivity contribution >= 4 is 40.8 Å². The minimum Gasteiger partial charge on any atom is -0.430 e. The summed E-state index contributed by atoms with van der Waals surface area (Å²) in [6.07, 6.45) is 1.44. The number of ether oxygens (including phenoxy) is 2. The first kappa shape index (κ1) is 20.7. The summed E-state index contributed by atoms with van der Waals surface area (Å²) in [6.45, 7) is 4.56. The van der Waals surface area contributed by atoms with E-state index < -0.39 is 17.6 Å². The second kappa shape index (κ2) is 8.53. The Bertz CT molecular complexity index is 811.